The third-order valence-corrected chi connectivity index (χ3v) is 4.94. The Balaban J connectivity index is 1.70. The van der Waals surface area contributed by atoms with Crippen LogP contribution in [0.3, 0.4) is 0 Å². The second kappa shape index (κ2) is 9.66. The van der Waals surface area contributed by atoms with Crippen LogP contribution in [0.2, 0.25) is 5.02 Å². The van der Waals surface area contributed by atoms with Crippen molar-refractivity contribution in [1.29, 1.82) is 0 Å². The highest BCUT2D eigenvalue weighted by Gasteiger charge is 2.33. The summed E-state index contributed by atoms with van der Waals surface area (Å²) >= 11 is 5.57. The van der Waals surface area contributed by atoms with Crippen molar-refractivity contribution in [3.8, 4) is 0 Å². The van der Waals surface area contributed by atoms with Gasteiger partial charge in [0, 0.05) is 18.2 Å². The van der Waals surface area contributed by atoms with Crippen LogP contribution >= 0.6 is 11.6 Å². The Labute approximate surface area is 182 Å². The molecule has 2 amide bonds. The topological polar surface area (TPSA) is 58.2 Å². The molecule has 0 aliphatic rings. The van der Waals surface area contributed by atoms with E-state index in [-0.39, 0.29) is 18.2 Å². The number of anilines is 1. The number of hydrogen-bond acceptors (Lipinski definition) is 2. The molecule has 0 saturated carbocycles. The number of nitrogens with one attached hydrogen (secondary N) is 2. The summed E-state index contributed by atoms with van der Waals surface area (Å²) in [6.07, 6.45) is -4.68. The number of benzene rings is 3. The van der Waals surface area contributed by atoms with Crippen LogP contribution in [0.4, 0.5) is 18.9 Å². The molecule has 3 rings (SSSR count). The van der Waals surface area contributed by atoms with Crippen LogP contribution in [0.5, 0.6) is 0 Å². The molecule has 0 bridgehead atoms. The third-order valence-electron chi connectivity index (χ3n) is 4.61. The maximum absolute atomic E-state index is 13.0. The lowest BCUT2D eigenvalue weighted by molar-refractivity contribution is -0.137. The number of hydrogen-bond donors (Lipinski definition) is 2. The predicted octanol–water partition coefficient (Wildman–Crippen LogP) is 5.25. The highest BCUT2D eigenvalue weighted by molar-refractivity contribution is 6.39. The number of rotatable bonds is 5. The summed E-state index contributed by atoms with van der Waals surface area (Å²) in [5.41, 5.74) is 0.615. The summed E-state index contributed by atoms with van der Waals surface area (Å²) in [7, 11) is 0. The lowest BCUT2D eigenvalue weighted by Crippen LogP contribution is -2.37. The van der Waals surface area contributed by atoms with Gasteiger partial charge in [0.1, 0.15) is 0 Å². The molecule has 4 nitrogen and oxygen atoms in total. The second-order valence-electron chi connectivity index (χ2n) is 6.73. The Bertz CT molecular complexity index is 1020. The van der Waals surface area contributed by atoms with Crippen molar-refractivity contribution >= 4 is 29.1 Å². The van der Waals surface area contributed by atoms with Gasteiger partial charge in [-0.1, -0.05) is 72.3 Å². The van der Waals surface area contributed by atoms with Crippen LogP contribution in [0.25, 0.3) is 0 Å². The molecular weight excluding hydrogens is 429 g/mol. The molecule has 31 heavy (non-hydrogen) atoms. The van der Waals surface area contributed by atoms with Gasteiger partial charge in [0.25, 0.3) is 0 Å². The van der Waals surface area contributed by atoms with E-state index in [1.54, 1.807) is 0 Å². The first-order chi connectivity index (χ1) is 14.8. The molecule has 0 aliphatic heterocycles. The summed E-state index contributed by atoms with van der Waals surface area (Å²) in [5, 5.41) is 4.24. The number of amides is 2. The first-order valence-corrected chi connectivity index (χ1v) is 9.69. The minimum Gasteiger partial charge on any atom is -0.347 e. The van der Waals surface area contributed by atoms with Crippen molar-refractivity contribution in [2.75, 3.05) is 11.9 Å². The maximum Gasteiger partial charge on any atom is 0.417 e. The van der Waals surface area contributed by atoms with Gasteiger partial charge in [-0.05, 0) is 29.3 Å². The maximum atomic E-state index is 13.0. The van der Waals surface area contributed by atoms with Crippen molar-refractivity contribution in [2.24, 2.45) is 0 Å². The summed E-state index contributed by atoms with van der Waals surface area (Å²) in [5.74, 6) is -2.23. The number of carbonyl (C=O) groups is 2. The van der Waals surface area contributed by atoms with E-state index in [9.17, 15) is 22.8 Å². The molecule has 3 aromatic rings. The molecule has 0 aliphatic carbocycles. The van der Waals surface area contributed by atoms with Crippen molar-refractivity contribution in [3.05, 3.63) is 101 Å². The molecule has 0 unspecified atom stereocenters. The van der Waals surface area contributed by atoms with Crippen LogP contribution in [-0.4, -0.2) is 18.4 Å². The first-order valence-electron chi connectivity index (χ1n) is 9.31. The van der Waals surface area contributed by atoms with Gasteiger partial charge < -0.3 is 10.6 Å². The molecule has 0 aromatic heterocycles. The number of halogens is 4. The van der Waals surface area contributed by atoms with Crippen LogP contribution < -0.4 is 10.6 Å². The zero-order valence-corrected chi connectivity index (χ0v) is 16.9. The minimum atomic E-state index is -4.68. The summed E-state index contributed by atoms with van der Waals surface area (Å²) in [6.45, 7) is 0.134. The molecule has 0 heterocycles. The monoisotopic (exact) mass is 446 g/mol. The van der Waals surface area contributed by atoms with Crippen LogP contribution in [0.1, 0.15) is 22.6 Å². The Hall–Kier alpha value is -3.32. The average Bonchev–Trinajstić information content (AvgIpc) is 2.75. The van der Waals surface area contributed by atoms with E-state index in [0.717, 1.165) is 17.2 Å². The molecule has 0 spiro atoms. The van der Waals surface area contributed by atoms with E-state index in [1.165, 1.54) is 6.07 Å². The van der Waals surface area contributed by atoms with E-state index < -0.39 is 28.6 Å². The zero-order valence-electron chi connectivity index (χ0n) is 16.1. The van der Waals surface area contributed by atoms with Crippen molar-refractivity contribution in [2.45, 2.75) is 12.1 Å². The van der Waals surface area contributed by atoms with Gasteiger partial charge in [-0.15, -0.1) is 0 Å². The van der Waals surface area contributed by atoms with Gasteiger partial charge in [0.05, 0.1) is 10.6 Å². The van der Waals surface area contributed by atoms with Gasteiger partial charge in [-0.3, -0.25) is 9.59 Å². The lowest BCUT2D eigenvalue weighted by atomic mass is 9.91. The molecule has 0 fully saturated rings. The zero-order chi connectivity index (χ0) is 22.4. The van der Waals surface area contributed by atoms with Gasteiger partial charge in [0.15, 0.2) is 0 Å². The first kappa shape index (κ1) is 22.4. The third kappa shape index (κ3) is 5.86. The smallest absolute Gasteiger partial charge is 0.347 e. The van der Waals surface area contributed by atoms with Crippen LogP contribution in [0.15, 0.2) is 78.9 Å². The summed E-state index contributed by atoms with van der Waals surface area (Å²) in [4.78, 5) is 24.5. The molecule has 3 aromatic carbocycles. The van der Waals surface area contributed by atoms with E-state index in [4.69, 9.17) is 11.6 Å². The van der Waals surface area contributed by atoms with Crippen LogP contribution in [-0.2, 0) is 15.8 Å². The molecule has 2 N–H and O–H groups in total. The molecule has 160 valence electrons. The van der Waals surface area contributed by atoms with E-state index in [2.05, 4.69) is 10.6 Å². The van der Waals surface area contributed by atoms with Crippen molar-refractivity contribution in [3.63, 3.8) is 0 Å². The highest BCUT2D eigenvalue weighted by Crippen LogP contribution is 2.36. The normalized spacial score (nSPS) is 11.3. The van der Waals surface area contributed by atoms with E-state index in [0.29, 0.717) is 6.07 Å². The number of alkyl halides is 3. The molecule has 0 saturated heterocycles. The standard InChI is InChI=1S/C23H18ClF3N2O2/c24-20-12-11-17(13-19(20)23(25,26)27)29-22(31)21(30)28-14-18(15-7-3-1-4-8-15)16-9-5-2-6-10-16/h1-13,18H,14H2,(H,28,30)(H,29,31). The number of carbonyl (C=O) groups excluding carboxylic acids is 2. The fourth-order valence-electron chi connectivity index (χ4n) is 3.08. The molecule has 8 heteroatoms. The molecule has 0 atom stereocenters. The quantitative estimate of drug-likeness (QED) is 0.526. The van der Waals surface area contributed by atoms with Crippen molar-refractivity contribution in [1.82, 2.24) is 5.32 Å². The molecule has 0 radical (unpaired) electrons. The van der Waals surface area contributed by atoms with Crippen molar-refractivity contribution < 1.29 is 22.8 Å². The Morgan fingerprint density at radius 1 is 0.839 bits per heavy atom. The fourth-order valence-corrected chi connectivity index (χ4v) is 3.31. The fraction of sp³-hybridized carbons (Fsp3) is 0.130. The second-order valence-corrected chi connectivity index (χ2v) is 7.14. The predicted molar refractivity (Wildman–Crippen MR) is 113 cm³/mol. The Kier molecular flexibility index (Phi) is 6.97. The minimum absolute atomic E-state index is 0.134. The van der Waals surface area contributed by atoms with Crippen LogP contribution in [0, 0.1) is 0 Å². The summed E-state index contributed by atoms with van der Waals surface area (Å²) < 4.78 is 38.9. The van der Waals surface area contributed by atoms with Gasteiger partial charge >= 0.3 is 18.0 Å². The van der Waals surface area contributed by atoms with Gasteiger partial charge in [0.2, 0.25) is 0 Å². The van der Waals surface area contributed by atoms with E-state index >= 15 is 0 Å². The summed E-state index contributed by atoms with van der Waals surface area (Å²) in [6, 6.07) is 21.8. The largest absolute Gasteiger partial charge is 0.417 e. The van der Waals surface area contributed by atoms with E-state index in [1.807, 2.05) is 60.7 Å². The van der Waals surface area contributed by atoms with Gasteiger partial charge in [-0.25, -0.2) is 0 Å². The lowest BCUT2D eigenvalue weighted by Gasteiger charge is -2.19. The Morgan fingerprint density at radius 2 is 1.39 bits per heavy atom. The molecular formula is C23H18ClF3N2O2. The SMILES string of the molecule is O=C(NCC(c1ccccc1)c1ccccc1)C(=O)Nc1ccc(Cl)c(C(F)(F)F)c1. The average molecular weight is 447 g/mol. The highest BCUT2D eigenvalue weighted by atomic mass is 35.5. The Morgan fingerprint density at radius 3 is 1.90 bits per heavy atom. The van der Waals surface area contributed by atoms with Gasteiger partial charge in [-0.2, -0.15) is 13.2 Å².